The lowest BCUT2D eigenvalue weighted by molar-refractivity contribution is -0.0764. The topological polar surface area (TPSA) is 93.6 Å². The molecule has 2 unspecified atom stereocenters. The van der Waals surface area contributed by atoms with Crippen molar-refractivity contribution in [3.63, 3.8) is 0 Å². The number of H-pyrrole nitrogens is 1. The summed E-state index contributed by atoms with van der Waals surface area (Å²) in [5.41, 5.74) is -0.467. The minimum Gasteiger partial charge on any atom is -0.411 e. The molecule has 1 aromatic rings. The first-order chi connectivity index (χ1) is 12.3. The van der Waals surface area contributed by atoms with E-state index in [2.05, 4.69) is 38.8 Å². The number of hydrogen-bond donors (Lipinski definition) is 2. The Labute approximate surface area is 161 Å². The van der Waals surface area contributed by atoms with Gasteiger partial charge in [-0.3, -0.25) is 14.3 Å². The molecule has 154 valence electrons. The van der Waals surface area contributed by atoms with Gasteiger partial charge in [0.25, 0.3) is 5.56 Å². The zero-order valence-corrected chi connectivity index (χ0v) is 18.7. The first-order valence-corrected chi connectivity index (χ1v) is 12.5. The summed E-state index contributed by atoms with van der Waals surface area (Å²) in [6.07, 6.45) is 0.0686. The van der Waals surface area contributed by atoms with Crippen molar-refractivity contribution < 1.29 is 14.3 Å². The molecule has 1 aliphatic heterocycles. The highest BCUT2D eigenvalue weighted by atomic mass is 28.4. The van der Waals surface area contributed by atoms with Gasteiger partial charge in [-0.2, -0.15) is 0 Å². The summed E-state index contributed by atoms with van der Waals surface area (Å²) in [4.78, 5) is 26.5. The van der Waals surface area contributed by atoms with Gasteiger partial charge in [0.05, 0.1) is 12.2 Å². The van der Waals surface area contributed by atoms with Gasteiger partial charge in [-0.15, -0.1) is 0 Å². The van der Waals surface area contributed by atoms with E-state index in [1.165, 1.54) is 10.8 Å². The molecule has 2 rings (SSSR count). The predicted octanol–water partition coefficient (Wildman–Crippen LogP) is 2.54. The molecule has 7 nitrogen and oxygen atoms in total. The summed E-state index contributed by atoms with van der Waals surface area (Å²) in [6.45, 7) is 16.2. The van der Waals surface area contributed by atoms with Crippen LogP contribution in [0.1, 0.15) is 52.8 Å². The number of aryl methyl sites for hydroxylation is 1. The molecule has 0 aliphatic carbocycles. The van der Waals surface area contributed by atoms with Crippen LogP contribution in [-0.4, -0.2) is 41.3 Å². The number of nitrogens with zero attached hydrogens (tertiary/aromatic N) is 1. The standard InChI is InChI=1S/C19H34N2O5Si/c1-9-13-15(26-27(7,8)19(4,5)6)14(12(3)22)25-17(13)21-10-11(2)16(23)20-18(21)24/h10,12-15,17,22H,9H2,1-8H3,(H,20,23,24)/t12-,13-,14?,15+,17?/m1/s1. The molecule has 1 aromatic heterocycles. The van der Waals surface area contributed by atoms with E-state index in [9.17, 15) is 14.7 Å². The lowest BCUT2D eigenvalue weighted by Crippen LogP contribution is -2.49. The van der Waals surface area contributed by atoms with Crippen molar-refractivity contribution in [3.8, 4) is 0 Å². The molecule has 0 amide bonds. The first kappa shape index (κ1) is 22.1. The molecule has 2 N–H and O–H groups in total. The minimum absolute atomic E-state index is 0.0119. The third-order valence-corrected chi connectivity index (χ3v) is 10.5. The molecular formula is C19H34N2O5Si. The quantitative estimate of drug-likeness (QED) is 0.744. The average molecular weight is 399 g/mol. The second kappa shape index (κ2) is 7.65. The highest BCUT2D eigenvalue weighted by molar-refractivity contribution is 6.74. The molecule has 0 saturated carbocycles. The minimum atomic E-state index is -2.12. The van der Waals surface area contributed by atoms with Gasteiger partial charge in [0.2, 0.25) is 0 Å². The Hall–Kier alpha value is -1.22. The van der Waals surface area contributed by atoms with E-state index in [-0.39, 0.29) is 17.1 Å². The van der Waals surface area contributed by atoms with Gasteiger partial charge >= 0.3 is 5.69 Å². The number of ether oxygens (including phenoxy) is 1. The summed E-state index contributed by atoms with van der Waals surface area (Å²) < 4.78 is 14.2. The Morgan fingerprint density at radius 3 is 2.44 bits per heavy atom. The van der Waals surface area contributed by atoms with Crippen molar-refractivity contribution in [2.45, 2.75) is 90.6 Å². The molecule has 27 heavy (non-hydrogen) atoms. The van der Waals surface area contributed by atoms with Crippen molar-refractivity contribution in [1.82, 2.24) is 9.55 Å². The maximum absolute atomic E-state index is 12.4. The Bertz CT molecular complexity index is 778. The molecule has 0 bridgehead atoms. The zero-order chi connectivity index (χ0) is 20.7. The number of aliphatic hydroxyl groups excluding tert-OH is 1. The van der Waals surface area contributed by atoms with Crippen LogP contribution in [0.3, 0.4) is 0 Å². The van der Waals surface area contributed by atoms with Crippen molar-refractivity contribution in [3.05, 3.63) is 32.6 Å². The number of aromatic amines is 1. The van der Waals surface area contributed by atoms with Crippen molar-refractivity contribution >= 4 is 8.32 Å². The Balaban J connectivity index is 2.47. The normalized spacial score (nSPS) is 27.7. The number of aromatic nitrogens is 2. The van der Waals surface area contributed by atoms with Gasteiger partial charge in [0.15, 0.2) is 8.32 Å². The van der Waals surface area contributed by atoms with E-state index in [1.54, 1.807) is 13.8 Å². The van der Waals surface area contributed by atoms with Gasteiger partial charge in [0.1, 0.15) is 12.3 Å². The maximum Gasteiger partial charge on any atom is 0.330 e. The third-order valence-electron chi connectivity index (χ3n) is 6.01. The molecule has 1 aliphatic rings. The molecule has 1 saturated heterocycles. The number of nitrogens with one attached hydrogen (secondary N) is 1. The Kier molecular flexibility index (Phi) is 6.26. The van der Waals surface area contributed by atoms with Crippen LogP contribution in [-0.2, 0) is 9.16 Å². The van der Waals surface area contributed by atoms with E-state index < -0.39 is 38.0 Å². The highest BCUT2D eigenvalue weighted by Gasteiger charge is 2.51. The average Bonchev–Trinajstić information content (AvgIpc) is 2.87. The van der Waals surface area contributed by atoms with E-state index in [4.69, 9.17) is 9.16 Å². The van der Waals surface area contributed by atoms with Gasteiger partial charge in [-0.25, -0.2) is 4.79 Å². The molecule has 0 spiro atoms. The van der Waals surface area contributed by atoms with Gasteiger partial charge < -0.3 is 14.3 Å². The van der Waals surface area contributed by atoms with Gasteiger partial charge in [-0.05, 0) is 38.4 Å². The third kappa shape index (κ3) is 4.28. The molecule has 2 heterocycles. The van der Waals surface area contributed by atoms with Crippen molar-refractivity contribution in [2.24, 2.45) is 5.92 Å². The fourth-order valence-electron chi connectivity index (χ4n) is 3.29. The predicted molar refractivity (Wildman–Crippen MR) is 108 cm³/mol. The fourth-order valence-corrected chi connectivity index (χ4v) is 4.63. The summed E-state index contributed by atoms with van der Waals surface area (Å²) in [7, 11) is -2.12. The summed E-state index contributed by atoms with van der Waals surface area (Å²) >= 11 is 0. The smallest absolute Gasteiger partial charge is 0.330 e. The Morgan fingerprint density at radius 1 is 1.37 bits per heavy atom. The van der Waals surface area contributed by atoms with Crippen LogP contribution in [0.25, 0.3) is 0 Å². The second-order valence-corrected chi connectivity index (χ2v) is 13.9. The van der Waals surface area contributed by atoms with Crippen molar-refractivity contribution in [2.75, 3.05) is 0 Å². The number of hydrogen-bond acceptors (Lipinski definition) is 5. The fraction of sp³-hybridized carbons (Fsp3) is 0.789. The summed E-state index contributed by atoms with van der Waals surface area (Å²) in [6, 6.07) is 0. The monoisotopic (exact) mass is 398 g/mol. The second-order valence-electron chi connectivity index (χ2n) is 9.13. The number of rotatable bonds is 5. The SMILES string of the molecule is CC[C@H]1C(n2cc(C)c(=O)[nH]c2=O)OC([C@@H](C)O)[C@H]1O[Si](C)(C)C(C)(C)C. The van der Waals surface area contributed by atoms with E-state index in [0.29, 0.717) is 5.56 Å². The molecule has 1 fully saturated rings. The van der Waals surface area contributed by atoms with Crippen LogP contribution < -0.4 is 11.2 Å². The van der Waals surface area contributed by atoms with Crippen LogP contribution in [0.15, 0.2) is 15.8 Å². The Morgan fingerprint density at radius 2 is 1.96 bits per heavy atom. The summed E-state index contributed by atoms with van der Waals surface area (Å²) in [5, 5.41) is 10.3. The highest BCUT2D eigenvalue weighted by Crippen LogP contribution is 2.44. The van der Waals surface area contributed by atoms with Crippen molar-refractivity contribution in [1.29, 1.82) is 0 Å². The van der Waals surface area contributed by atoms with Crippen LogP contribution >= 0.6 is 0 Å². The lowest BCUT2D eigenvalue weighted by atomic mass is 9.95. The van der Waals surface area contributed by atoms with E-state index in [1.807, 2.05) is 6.92 Å². The molecule has 5 atom stereocenters. The molecule has 8 heteroatoms. The van der Waals surface area contributed by atoms with E-state index >= 15 is 0 Å². The van der Waals surface area contributed by atoms with Gasteiger partial charge in [0, 0.05) is 17.7 Å². The van der Waals surface area contributed by atoms with Crippen LogP contribution in [0.5, 0.6) is 0 Å². The summed E-state index contributed by atoms with van der Waals surface area (Å²) in [5.74, 6) is -0.110. The lowest BCUT2D eigenvalue weighted by Gasteiger charge is -2.41. The van der Waals surface area contributed by atoms with Gasteiger partial charge in [-0.1, -0.05) is 27.7 Å². The zero-order valence-electron chi connectivity index (χ0n) is 17.7. The van der Waals surface area contributed by atoms with Crippen LogP contribution in [0.4, 0.5) is 0 Å². The largest absolute Gasteiger partial charge is 0.411 e. The molecule has 0 radical (unpaired) electrons. The first-order valence-electron chi connectivity index (χ1n) is 9.63. The van der Waals surface area contributed by atoms with E-state index in [0.717, 1.165) is 6.42 Å². The van der Waals surface area contributed by atoms with Crippen LogP contribution in [0, 0.1) is 12.8 Å². The maximum atomic E-state index is 12.4. The number of aliphatic hydroxyl groups is 1. The molecule has 0 aromatic carbocycles. The van der Waals surface area contributed by atoms with Crippen LogP contribution in [0.2, 0.25) is 18.1 Å². The molecular weight excluding hydrogens is 364 g/mol.